The van der Waals surface area contributed by atoms with Crippen molar-refractivity contribution in [3.63, 3.8) is 0 Å². The molecular formula is C16H18N2O3S2. The van der Waals surface area contributed by atoms with E-state index in [4.69, 9.17) is 0 Å². The molecule has 1 aliphatic rings. The highest BCUT2D eigenvalue weighted by Crippen LogP contribution is 2.25. The summed E-state index contributed by atoms with van der Waals surface area (Å²) in [6.07, 6.45) is 2.96. The van der Waals surface area contributed by atoms with Crippen molar-refractivity contribution >= 4 is 32.2 Å². The van der Waals surface area contributed by atoms with Crippen molar-refractivity contribution in [1.82, 2.24) is 4.98 Å². The highest BCUT2D eigenvalue weighted by Gasteiger charge is 2.20. The van der Waals surface area contributed by atoms with Gasteiger partial charge in [-0.2, -0.15) is 0 Å². The topological polar surface area (TPSA) is 76.1 Å². The second kappa shape index (κ2) is 6.41. The van der Waals surface area contributed by atoms with E-state index in [9.17, 15) is 13.2 Å². The van der Waals surface area contributed by atoms with Crippen LogP contribution in [0, 0.1) is 6.92 Å². The maximum Gasteiger partial charge on any atom is 0.227 e. The van der Waals surface area contributed by atoms with Crippen LogP contribution in [0.2, 0.25) is 0 Å². The van der Waals surface area contributed by atoms with E-state index in [1.807, 2.05) is 18.4 Å². The second-order valence-corrected chi connectivity index (χ2v) is 8.66. The fourth-order valence-electron chi connectivity index (χ4n) is 2.68. The lowest BCUT2D eigenvalue weighted by Gasteiger charge is -2.07. The van der Waals surface area contributed by atoms with Gasteiger partial charge >= 0.3 is 0 Å². The quantitative estimate of drug-likeness (QED) is 0.899. The molecule has 1 N–H and O–H groups in total. The molecule has 0 unspecified atom stereocenters. The van der Waals surface area contributed by atoms with E-state index in [1.165, 1.54) is 16.9 Å². The monoisotopic (exact) mass is 350 g/mol. The number of nitrogens with one attached hydrogen (secondary N) is 1. The van der Waals surface area contributed by atoms with Crippen LogP contribution in [0.5, 0.6) is 0 Å². The summed E-state index contributed by atoms with van der Waals surface area (Å²) >= 11 is 1.33. The molecule has 7 heteroatoms. The fraction of sp³-hybridized carbons (Fsp3) is 0.375. The van der Waals surface area contributed by atoms with Gasteiger partial charge in [0, 0.05) is 11.8 Å². The summed E-state index contributed by atoms with van der Waals surface area (Å²) in [5.41, 5.74) is 3.19. The molecule has 0 fully saturated rings. The van der Waals surface area contributed by atoms with Crippen molar-refractivity contribution in [3.8, 4) is 0 Å². The minimum atomic E-state index is -3.44. The van der Waals surface area contributed by atoms with Crippen molar-refractivity contribution in [2.24, 2.45) is 0 Å². The van der Waals surface area contributed by atoms with E-state index in [0.29, 0.717) is 10.0 Å². The molecule has 1 amide bonds. The number of carbonyl (C=O) groups excluding carboxylic acids is 1. The zero-order valence-electron chi connectivity index (χ0n) is 12.8. The number of rotatable bonds is 5. The molecule has 3 rings (SSSR count). The molecule has 1 aromatic heterocycles. The Morgan fingerprint density at radius 1 is 1.30 bits per heavy atom. The zero-order valence-corrected chi connectivity index (χ0v) is 14.5. The number of anilines is 1. The molecule has 23 heavy (non-hydrogen) atoms. The van der Waals surface area contributed by atoms with E-state index in [1.54, 1.807) is 12.1 Å². The van der Waals surface area contributed by atoms with Crippen LogP contribution in [0.15, 0.2) is 28.5 Å². The molecule has 2 aromatic rings. The predicted molar refractivity (Wildman–Crippen MR) is 90.6 cm³/mol. The summed E-state index contributed by atoms with van der Waals surface area (Å²) in [5.74, 6) is -0.522. The average molecular weight is 350 g/mol. The van der Waals surface area contributed by atoms with Gasteiger partial charge in [-0.3, -0.25) is 4.79 Å². The molecule has 0 saturated carbocycles. The number of fused-ring (bicyclic) bond motifs is 1. The number of aryl methyl sites for hydroxylation is 3. The standard InChI is InChI=1S/C16H18N2O3S2/c1-11-10-22-16(17-11)18-15(19)7-8-23(20,21)14-6-5-12-3-2-4-13(12)9-14/h5-6,9-10H,2-4,7-8H2,1H3,(H,17,18,19). The van der Waals surface area contributed by atoms with Gasteiger partial charge in [-0.25, -0.2) is 13.4 Å². The van der Waals surface area contributed by atoms with Crippen LogP contribution < -0.4 is 5.32 Å². The third-order valence-corrected chi connectivity index (χ3v) is 6.48. The van der Waals surface area contributed by atoms with Crippen LogP contribution >= 0.6 is 11.3 Å². The van der Waals surface area contributed by atoms with Gasteiger partial charge in [0.1, 0.15) is 0 Å². The smallest absolute Gasteiger partial charge is 0.227 e. The molecule has 0 saturated heterocycles. The minimum absolute atomic E-state index is 0.0714. The predicted octanol–water partition coefficient (Wildman–Crippen LogP) is 2.74. The Bertz CT molecular complexity index is 841. The maximum absolute atomic E-state index is 12.4. The van der Waals surface area contributed by atoms with Crippen molar-refractivity contribution in [2.75, 3.05) is 11.1 Å². The van der Waals surface area contributed by atoms with E-state index in [2.05, 4.69) is 10.3 Å². The highest BCUT2D eigenvalue weighted by atomic mass is 32.2. The molecule has 0 aliphatic heterocycles. The van der Waals surface area contributed by atoms with Gasteiger partial charge in [0.25, 0.3) is 0 Å². The Morgan fingerprint density at radius 2 is 2.09 bits per heavy atom. The number of carbonyl (C=O) groups is 1. The summed E-state index contributed by atoms with van der Waals surface area (Å²) < 4.78 is 24.8. The molecule has 122 valence electrons. The number of thiazole rings is 1. The van der Waals surface area contributed by atoms with Crippen LogP contribution in [0.3, 0.4) is 0 Å². The van der Waals surface area contributed by atoms with E-state index in [-0.39, 0.29) is 18.1 Å². The number of amides is 1. The average Bonchev–Trinajstić information content (AvgIpc) is 3.13. The van der Waals surface area contributed by atoms with Crippen molar-refractivity contribution in [3.05, 3.63) is 40.4 Å². The molecule has 0 radical (unpaired) electrons. The normalized spacial score (nSPS) is 13.8. The first-order valence-corrected chi connectivity index (χ1v) is 10.0. The number of hydrogen-bond donors (Lipinski definition) is 1. The third kappa shape index (κ3) is 3.79. The van der Waals surface area contributed by atoms with Crippen molar-refractivity contribution in [2.45, 2.75) is 37.5 Å². The highest BCUT2D eigenvalue weighted by molar-refractivity contribution is 7.91. The van der Waals surface area contributed by atoms with Gasteiger partial charge in [-0.1, -0.05) is 6.07 Å². The van der Waals surface area contributed by atoms with Crippen molar-refractivity contribution in [1.29, 1.82) is 0 Å². The number of hydrogen-bond acceptors (Lipinski definition) is 5. The molecule has 0 atom stereocenters. The third-order valence-electron chi connectivity index (χ3n) is 3.89. The Morgan fingerprint density at radius 3 is 2.83 bits per heavy atom. The summed E-state index contributed by atoms with van der Waals surface area (Å²) in [4.78, 5) is 16.3. The van der Waals surface area contributed by atoms with Gasteiger partial charge in [-0.05, 0) is 49.4 Å². The van der Waals surface area contributed by atoms with Crippen LogP contribution in [0.1, 0.15) is 29.7 Å². The molecule has 0 spiro atoms. The van der Waals surface area contributed by atoms with E-state index < -0.39 is 9.84 Å². The van der Waals surface area contributed by atoms with Gasteiger partial charge in [0.15, 0.2) is 15.0 Å². The van der Waals surface area contributed by atoms with Gasteiger partial charge in [0.2, 0.25) is 5.91 Å². The van der Waals surface area contributed by atoms with Gasteiger partial charge in [0.05, 0.1) is 16.3 Å². The SMILES string of the molecule is Cc1csc(NC(=O)CCS(=O)(=O)c2ccc3c(c2)CCC3)n1. The summed E-state index contributed by atoms with van der Waals surface area (Å²) in [5, 5.41) is 4.96. The number of sulfone groups is 1. The summed E-state index contributed by atoms with van der Waals surface area (Å²) in [6, 6.07) is 5.31. The van der Waals surface area contributed by atoms with Gasteiger partial charge < -0.3 is 5.32 Å². The molecule has 1 heterocycles. The first-order chi connectivity index (χ1) is 10.9. The summed E-state index contributed by atoms with van der Waals surface area (Å²) in [6.45, 7) is 1.84. The molecule has 0 bridgehead atoms. The lowest BCUT2D eigenvalue weighted by atomic mass is 10.1. The molecule has 5 nitrogen and oxygen atoms in total. The minimum Gasteiger partial charge on any atom is -0.302 e. The first kappa shape index (κ1) is 16.1. The largest absolute Gasteiger partial charge is 0.302 e. The second-order valence-electron chi connectivity index (χ2n) is 5.70. The zero-order chi connectivity index (χ0) is 16.4. The van der Waals surface area contributed by atoms with E-state index >= 15 is 0 Å². The summed E-state index contributed by atoms with van der Waals surface area (Å²) in [7, 11) is -3.44. The Balaban J connectivity index is 1.63. The van der Waals surface area contributed by atoms with Crippen LogP contribution in [0.25, 0.3) is 0 Å². The van der Waals surface area contributed by atoms with Crippen LogP contribution in [0.4, 0.5) is 5.13 Å². The number of nitrogens with zero attached hydrogens (tertiary/aromatic N) is 1. The van der Waals surface area contributed by atoms with Crippen molar-refractivity contribution < 1.29 is 13.2 Å². The number of aromatic nitrogens is 1. The molecule has 1 aliphatic carbocycles. The lowest BCUT2D eigenvalue weighted by molar-refractivity contribution is -0.115. The van der Waals surface area contributed by atoms with Gasteiger partial charge in [-0.15, -0.1) is 11.3 Å². The lowest BCUT2D eigenvalue weighted by Crippen LogP contribution is -2.17. The Kier molecular flexibility index (Phi) is 4.50. The number of benzene rings is 1. The Labute approximate surface area is 139 Å². The fourth-order valence-corrected chi connectivity index (χ4v) is 4.67. The van der Waals surface area contributed by atoms with Crippen LogP contribution in [-0.4, -0.2) is 25.1 Å². The Hall–Kier alpha value is -1.73. The first-order valence-electron chi connectivity index (χ1n) is 7.50. The van der Waals surface area contributed by atoms with E-state index in [0.717, 1.165) is 30.5 Å². The maximum atomic E-state index is 12.4. The molecular weight excluding hydrogens is 332 g/mol. The van der Waals surface area contributed by atoms with Crippen LogP contribution in [-0.2, 0) is 27.5 Å². The molecule has 1 aromatic carbocycles.